The molecule has 2 N–H and O–H groups in total. The Morgan fingerprint density at radius 1 is 1.11 bits per heavy atom. The molecular formula is C15H30N2O. The summed E-state index contributed by atoms with van der Waals surface area (Å²) in [6.07, 6.45) is 9.60. The quantitative estimate of drug-likeness (QED) is 0.654. The molecule has 0 saturated carbocycles. The molecule has 0 aromatic rings. The summed E-state index contributed by atoms with van der Waals surface area (Å²) < 4.78 is 0. The van der Waals surface area contributed by atoms with Gasteiger partial charge in [-0.1, -0.05) is 46.0 Å². The molecule has 1 fully saturated rings. The van der Waals surface area contributed by atoms with Crippen LogP contribution in [0.25, 0.3) is 0 Å². The van der Waals surface area contributed by atoms with Gasteiger partial charge in [0.2, 0.25) is 5.91 Å². The smallest absolute Gasteiger partial charge is 0.226 e. The Bertz CT molecular complexity index is 235. The van der Waals surface area contributed by atoms with Crippen molar-refractivity contribution in [3.8, 4) is 0 Å². The third-order valence-electron chi connectivity index (χ3n) is 4.07. The van der Waals surface area contributed by atoms with E-state index in [-0.39, 0.29) is 11.3 Å². The van der Waals surface area contributed by atoms with Crippen molar-refractivity contribution in [1.82, 2.24) is 10.6 Å². The lowest BCUT2D eigenvalue weighted by atomic mass is 9.80. The van der Waals surface area contributed by atoms with Crippen LogP contribution in [-0.2, 0) is 4.79 Å². The van der Waals surface area contributed by atoms with Crippen molar-refractivity contribution in [2.45, 2.75) is 65.2 Å². The Morgan fingerprint density at radius 3 is 2.39 bits per heavy atom. The summed E-state index contributed by atoms with van der Waals surface area (Å²) in [5, 5.41) is 6.43. The molecule has 1 aliphatic heterocycles. The molecule has 1 amide bonds. The van der Waals surface area contributed by atoms with Crippen molar-refractivity contribution in [2.75, 3.05) is 19.6 Å². The van der Waals surface area contributed by atoms with E-state index in [1.807, 2.05) is 0 Å². The predicted molar refractivity (Wildman–Crippen MR) is 76.6 cm³/mol. The Labute approximate surface area is 112 Å². The predicted octanol–water partition coefficient (Wildman–Crippen LogP) is 2.85. The normalized spacial score (nSPS) is 18.6. The minimum Gasteiger partial charge on any atom is -0.356 e. The van der Waals surface area contributed by atoms with Crippen LogP contribution in [0.1, 0.15) is 65.2 Å². The number of nitrogens with one attached hydrogen (secondary N) is 2. The van der Waals surface area contributed by atoms with Crippen LogP contribution in [0.3, 0.4) is 0 Å². The average molecular weight is 254 g/mol. The van der Waals surface area contributed by atoms with E-state index < -0.39 is 0 Å². The second kappa shape index (κ2) is 8.52. The fourth-order valence-corrected chi connectivity index (χ4v) is 2.53. The topological polar surface area (TPSA) is 41.1 Å². The molecule has 3 heteroatoms. The molecular weight excluding hydrogens is 224 g/mol. The highest BCUT2D eigenvalue weighted by Crippen LogP contribution is 2.27. The van der Waals surface area contributed by atoms with Crippen LogP contribution >= 0.6 is 0 Å². The van der Waals surface area contributed by atoms with Crippen LogP contribution in [0.15, 0.2) is 0 Å². The summed E-state index contributed by atoms with van der Waals surface area (Å²) in [5.74, 6) is 0.262. The number of rotatable bonds is 8. The van der Waals surface area contributed by atoms with Crippen LogP contribution in [0.2, 0.25) is 0 Å². The maximum atomic E-state index is 12.1. The highest BCUT2D eigenvalue weighted by atomic mass is 16.2. The lowest BCUT2D eigenvalue weighted by Crippen LogP contribution is -2.46. The standard InChI is InChI=1S/C15H30N2O/c1-3-4-5-6-7-8-11-17-14(18)15(2)9-12-16-13-10-15/h16H,3-13H2,1-2H3,(H,17,18). The first-order chi connectivity index (χ1) is 8.69. The first kappa shape index (κ1) is 15.5. The molecule has 3 nitrogen and oxygen atoms in total. The number of amides is 1. The van der Waals surface area contributed by atoms with Gasteiger partial charge >= 0.3 is 0 Å². The third kappa shape index (κ3) is 5.38. The van der Waals surface area contributed by atoms with Crippen molar-refractivity contribution in [3.05, 3.63) is 0 Å². The minimum atomic E-state index is -0.131. The maximum Gasteiger partial charge on any atom is 0.226 e. The van der Waals surface area contributed by atoms with Crippen LogP contribution < -0.4 is 10.6 Å². The number of hydrogen-bond acceptors (Lipinski definition) is 2. The lowest BCUT2D eigenvalue weighted by Gasteiger charge is -2.32. The molecule has 0 atom stereocenters. The SMILES string of the molecule is CCCCCCCCNC(=O)C1(C)CCNCC1. The van der Waals surface area contributed by atoms with E-state index in [4.69, 9.17) is 0 Å². The molecule has 18 heavy (non-hydrogen) atoms. The molecule has 0 aromatic heterocycles. The van der Waals surface area contributed by atoms with Gasteiger partial charge in [-0.25, -0.2) is 0 Å². The Morgan fingerprint density at radius 2 is 1.72 bits per heavy atom. The second-order valence-electron chi connectivity index (χ2n) is 5.83. The van der Waals surface area contributed by atoms with E-state index in [1.54, 1.807) is 0 Å². The molecule has 1 saturated heterocycles. The maximum absolute atomic E-state index is 12.1. The van der Waals surface area contributed by atoms with Gasteiger partial charge in [-0.2, -0.15) is 0 Å². The summed E-state index contributed by atoms with van der Waals surface area (Å²) >= 11 is 0. The van der Waals surface area contributed by atoms with E-state index >= 15 is 0 Å². The molecule has 106 valence electrons. The second-order valence-corrected chi connectivity index (χ2v) is 5.83. The number of carbonyl (C=O) groups excluding carboxylic acids is 1. The van der Waals surface area contributed by atoms with Crippen LogP contribution in [0, 0.1) is 5.41 Å². The molecule has 0 aromatic carbocycles. The molecule has 1 rings (SSSR count). The van der Waals surface area contributed by atoms with E-state index in [0.29, 0.717) is 0 Å². The molecule has 0 unspecified atom stereocenters. The monoisotopic (exact) mass is 254 g/mol. The van der Waals surface area contributed by atoms with Crippen molar-refractivity contribution in [2.24, 2.45) is 5.41 Å². The highest BCUT2D eigenvalue weighted by molar-refractivity contribution is 5.82. The van der Waals surface area contributed by atoms with E-state index in [1.165, 1.54) is 32.1 Å². The van der Waals surface area contributed by atoms with Gasteiger partial charge in [0.25, 0.3) is 0 Å². The van der Waals surface area contributed by atoms with E-state index in [0.717, 1.165) is 38.9 Å². The highest BCUT2D eigenvalue weighted by Gasteiger charge is 2.33. The molecule has 1 heterocycles. The van der Waals surface area contributed by atoms with Gasteiger partial charge in [0.15, 0.2) is 0 Å². The minimum absolute atomic E-state index is 0.131. The summed E-state index contributed by atoms with van der Waals surface area (Å²) in [5.41, 5.74) is -0.131. The fraction of sp³-hybridized carbons (Fsp3) is 0.933. The van der Waals surface area contributed by atoms with Gasteiger partial charge in [0.05, 0.1) is 0 Å². The van der Waals surface area contributed by atoms with Gasteiger partial charge in [-0.15, -0.1) is 0 Å². The Hall–Kier alpha value is -0.570. The Kier molecular flexibility index (Phi) is 7.33. The van der Waals surface area contributed by atoms with E-state index in [9.17, 15) is 4.79 Å². The van der Waals surface area contributed by atoms with Gasteiger partial charge in [0, 0.05) is 12.0 Å². The van der Waals surface area contributed by atoms with Gasteiger partial charge in [-0.3, -0.25) is 4.79 Å². The van der Waals surface area contributed by atoms with Crippen molar-refractivity contribution >= 4 is 5.91 Å². The lowest BCUT2D eigenvalue weighted by molar-refractivity contribution is -0.131. The molecule has 0 radical (unpaired) electrons. The third-order valence-corrected chi connectivity index (χ3v) is 4.07. The molecule has 0 spiro atoms. The number of piperidine rings is 1. The summed E-state index contributed by atoms with van der Waals surface area (Å²) in [6.45, 7) is 7.14. The molecule has 0 bridgehead atoms. The van der Waals surface area contributed by atoms with Gasteiger partial charge in [0.1, 0.15) is 0 Å². The van der Waals surface area contributed by atoms with Gasteiger partial charge < -0.3 is 10.6 Å². The van der Waals surface area contributed by atoms with Crippen LogP contribution in [0.5, 0.6) is 0 Å². The zero-order valence-electron chi connectivity index (χ0n) is 12.2. The fourth-order valence-electron chi connectivity index (χ4n) is 2.53. The zero-order valence-corrected chi connectivity index (χ0v) is 12.2. The van der Waals surface area contributed by atoms with Crippen LogP contribution in [-0.4, -0.2) is 25.5 Å². The largest absolute Gasteiger partial charge is 0.356 e. The first-order valence-corrected chi connectivity index (χ1v) is 7.68. The van der Waals surface area contributed by atoms with Crippen molar-refractivity contribution in [1.29, 1.82) is 0 Å². The number of carbonyl (C=O) groups is 1. The number of hydrogen-bond donors (Lipinski definition) is 2. The average Bonchev–Trinajstić information content (AvgIpc) is 2.38. The van der Waals surface area contributed by atoms with E-state index in [2.05, 4.69) is 24.5 Å². The molecule has 1 aliphatic rings. The summed E-state index contributed by atoms with van der Waals surface area (Å²) in [6, 6.07) is 0. The summed E-state index contributed by atoms with van der Waals surface area (Å²) in [4.78, 5) is 12.1. The number of unbranched alkanes of at least 4 members (excludes halogenated alkanes) is 5. The van der Waals surface area contributed by atoms with Gasteiger partial charge in [-0.05, 0) is 32.4 Å². The van der Waals surface area contributed by atoms with Crippen molar-refractivity contribution < 1.29 is 4.79 Å². The first-order valence-electron chi connectivity index (χ1n) is 7.68. The summed E-state index contributed by atoms with van der Waals surface area (Å²) in [7, 11) is 0. The molecule has 0 aliphatic carbocycles. The van der Waals surface area contributed by atoms with Crippen LogP contribution in [0.4, 0.5) is 0 Å². The van der Waals surface area contributed by atoms with Crippen molar-refractivity contribution in [3.63, 3.8) is 0 Å². The zero-order chi connectivity index (χ0) is 13.3. The Balaban J connectivity index is 2.05.